The molecule has 0 radical (unpaired) electrons. The Morgan fingerprint density at radius 1 is 1.45 bits per heavy atom. The van der Waals surface area contributed by atoms with Crippen LogP contribution >= 0.6 is 0 Å². The van der Waals surface area contributed by atoms with E-state index in [1.54, 1.807) is 23.1 Å². The van der Waals surface area contributed by atoms with Crippen molar-refractivity contribution in [3.8, 4) is 0 Å². The summed E-state index contributed by atoms with van der Waals surface area (Å²) in [4.78, 5) is 24.4. The first-order valence-electron chi connectivity index (χ1n) is 6.52. The normalized spacial score (nSPS) is 18.6. The number of carbonyl (C=O) groups excluding carboxylic acids is 1. The molecular formula is C15H16FNO3. The number of halogens is 1. The van der Waals surface area contributed by atoms with E-state index in [1.807, 2.05) is 0 Å². The van der Waals surface area contributed by atoms with Crippen LogP contribution in [0.4, 0.5) is 4.39 Å². The van der Waals surface area contributed by atoms with Gasteiger partial charge in [-0.15, -0.1) is 0 Å². The highest BCUT2D eigenvalue weighted by Gasteiger charge is 2.28. The van der Waals surface area contributed by atoms with E-state index in [2.05, 4.69) is 0 Å². The second kappa shape index (κ2) is 6.32. The zero-order valence-electron chi connectivity index (χ0n) is 11.0. The highest BCUT2D eigenvalue weighted by Crippen LogP contribution is 2.20. The number of carboxylic acids is 1. The van der Waals surface area contributed by atoms with E-state index in [9.17, 15) is 14.0 Å². The van der Waals surface area contributed by atoms with Gasteiger partial charge in [-0.1, -0.05) is 12.1 Å². The van der Waals surface area contributed by atoms with Crippen molar-refractivity contribution in [3.63, 3.8) is 0 Å². The fourth-order valence-corrected chi connectivity index (χ4v) is 2.41. The van der Waals surface area contributed by atoms with Crippen LogP contribution in [0.15, 0.2) is 30.3 Å². The van der Waals surface area contributed by atoms with E-state index >= 15 is 0 Å². The van der Waals surface area contributed by atoms with Gasteiger partial charge in [0.1, 0.15) is 5.82 Å². The Labute approximate surface area is 116 Å². The van der Waals surface area contributed by atoms with E-state index in [1.165, 1.54) is 18.2 Å². The maximum atomic E-state index is 13.0. The van der Waals surface area contributed by atoms with Gasteiger partial charge in [-0.2, -0.15) is 0 Å². The maximum absolute atomic E-state index is 13.0. The third kappa shape index (κ3) is 3.66. The third-order valence-electron chi connectivity index (χ3n) is 3.34. The van der Waals surface area contributed by atoms with Crippen molar-refractivity contribution in [1.82, 2.24) is 4.90 Å². The molecule has 0 aromatic heterocycles. The molecule has 1 aromatic rings. The second-order valence-electron chi connectivity index (χ2n) is 4.81. The zero-order chi connectivity index (χ0) is 14.5. The van der Waals surface area contributed by atoms with Gasteiger partial charge < -0.3 is 10.0 Å². The Hall–Kier alpha value is -2.17. The molecule has 2 rings (SSSR count). The molecule has 1 saturated heterocycles. The summed E-state index contributed by atoms with van der Waals surface area (Å²) in [6.07, 6.45) is 4.42. The van der Waals surface area contributed by atoms with E-state index in [-0.39, 0.29) is 24.2 Å². The fourth-order valence-electron chi connectivity index (χ4n) is 2.41. The van der Waals surface area contributed by atoms with Crippen LogP contribution in [-0.4, -0.2) is 34.5 Å². The van der Waals surface area contributed by atoms with Crippen molar-refractivity contribution in [2.24, 2.45) is 0 Å². The molecule has 1 aromatic carbocycles. The quantitative estimate of drug-likeness (QED) is 0.859. The smallest absolute Gasteiger partial charge is 0.305 e. The van der Waals surface area contributed by atoms with Crippen molar-refractivity contribution >= 4 is 18.0 Å². The van der Waals surface area contributed by atoms with Crippen LogP contribution in [0.25, 0.3) is 6.08 Å². The van der Waals surface area contributed by atoms with E-state index < -0.39 is 5.97 Å². The summed E-state index contributed by atoms with van der Waals surface area (Å²) in [6, 6.07) is 5.70. The Morgan fingerprint density at radius 2 is 2.25 bits per heavy atom. The molecule has 1 atom stereocenters. The molecule has 1 amide bonds. The number of hydrogen-bond acceptors (Lipinski definition) is 2. The molecule has 0 spiro atoms. The second-order valence-corrected chi connectivity index (χ2v) is 4.81. The van der Waals surface area contributed by atoms with Crippen LogP contribution in [0, 0.1) is 5.82 Å². The van der Waals surface area contributed by atoms with Crippen LogP contribution in [0.3, 0.4) is 0 Å². The number of rotatable bonds is 4. The van der Waals surface area contributed by atoms with Crippen molar-refractivity contribution in [2.45, 2.75) is 25.3 Å². The molecule has 4 nitrogen and oxygen atoms in total. The minimum atomic E-state index is -0.899. The topological polar surface area (TPSA) is 57.6 Å². The van der Waals surface area contributed by atoms with Crippen LogP contribution in [0.2, 0.25) is 0 Å². The van der Waals surface area contributed by atoms with Gasteiger partial charge in [0.2, 0.25) is 5.91 Å². The average Bonchev–Trinajstić information content (AvgIpc) is 2.83. The van der Waals surface area contributed by atoms with E-state index in [4.69, 9.17) is 5.11 Å². The predicted molar refractivity (Wildman–Crippen MR) is 72.4 cm³/mol. The Morgan fingerprint density at radius 3 is 2.95 bits per heavy atom. The first-order chi connectivity index (χ1) is 9.56. The summed E-state index contributed by atoms with van der Waals surface area (Å²) in [7, 11) is 0. The Bertz CT molecular complexity index is 542. The molecule has 1 aliphatic heterocycles. The summed E-state index contributed by atoms with van der Waals surface area (Å²) in [5.41, 5.74) is 0.604. The van der Waals surface area contributed by atoms with Crippen molar-refractivity contribution in [2.75, 3.05) is 6.54 Å². The van der Waals surface area contributed by atoms with Gasteiger partial charge in [-0.25, -0.2) is 4.39 Å². The number of carbonyl (C=O) groups is 2. The maximum Gasteiger partial charge on any atom is 0.305 e. The zero-order valence-corrected chi connectivity index (χ0v) is 11.0. The average molecular weight is 277 g/mol. The number of nitrogens with zero attached hydrogens (tertiary/aromatic N) is 1. The lowest BCUT2D eigenvalue weighted by molar-refractivity contribution is -0.139. The first kappa shape index (κ1) is 14.2. The van der Waals surface area contributed by atoms with Gasteiger partial charge in [0.15, 0.2) is 0 Å². The molecule has 106 valence electrons. The largest absolute Gasteiger partial charge is 0.481 e. The first-order valence-corrected chi connectivity index (χ1v) is 6.52. The molecule has 1 aliphatic rings. The van der Waals surface area contributed by atoms with Gasteiger partial charge in [-0.05, 0) is 36.6 Å². The summed E-state index contributed by atoms with van der Waals surface area (Å²) in [5, 5.41) is 8.81. The number of aliphatic carboxylic acids is 1. The SMILES string of the molecule is O=C(O)CC1CCCN1C(=O)/C=C/c1cccc(F)c1. The van der Waals surface area contributed by atoms with Gasteiger partial charge in [0, 0.05) is 18.7 Å². The lowest BCUT2D eigenvalue weighted by Crippen LogP contribution is -2.35. The highest BCUT2D eigenvalue weighted by atomic mass is 19.1. The number of likely N-dealkylation sites (tertiary alicyclic amines) is 1. The lowest BCUT2D eigenvalue weighted by atomic mass is 10.1. The van der Waals surface area contributed by atoms with Crippen molar-refractivity contribution < 1.29 is 19.1 Å². The molecule has 0 bridgehead atoms. The lowest BCUT2D eigenvalue weighted by Gasteiger charge is -2.21. The highest BCUT2D eigenvalue weighted by molar-refractivity contribution is 5.92. The summed E-state index contributed by atoms with van der Waals surface area (Å²) < 4.78 is 13.0. The molecule has 20 heavy (non-hydrogen) atoms. The predicted octanol–water partition coefficient (Wildman–Crippen LogP) is 2.30. The molecule has 1 unspecified atom stereocenters. The molecule has 1 N–H and O–H groups in total. The summed E-state index contributed by atoms with van der Waals surface area (Å²) in [5.74, 6) is -1.48. The molecule has 1 heterocycles. The molecule has 5 heteroatoms. The van der Waals surface area contributed by atoms with E-state index in [0.717, 1.165) is 6.42 Å². The van der Waals surface area contributed by atoms with Crippen molar-refractivity contribution in [3.05, 3.63) is 41.7 Å². The summed E-state index contributed by atoms with van der Waals surface area (Å²) in [6.45, 7) is 0.574. The van der Waals surface area contributed by atoms with E-state index in [0.29, 0.717) is 18.5 Å². The third-order valence-corrected chi connectivity index (χ3v) is 3.34. The van der Waals surface area contributed by atoms with Gasteiger partial charge in [0.25, 0.3) is 0 Å². The number of benzene rings is 1. The minimum Gasteiger partial charge on any atom is -0.481 e. The Kier molecular flexibility index (Phi) is 4.50. The van der Waals surface area contributed by atoms with Gasteiger partial charge >= 0.3 is 5.97 Å². The fraction of sp³-hybridized carbons (Fsp3) is 0.333. The Balaban J connectivity index is 2.02. The molecule has 1 fully saturated rings. The molecule has 0 aliphatic carbocycles. The number of carboxylic acid groups (broad SMARTS) is 1. The van der Waals surface area contributed by atoms with Crippen LogP contribution in [0.1, 0.15) is 24.8 Å². The van der Waals surface area contributed by atoms with Crippen LogP contribution in [-0.2, 0) is 9.59 Å². The minimum absolute atomic E-state index is 0.0282. The van der Waals surface area contributed by atoms with Crippen LogP contribution < -0.4 is 0 Å². The van der Waals surface area contributed by atoms with Gasteiger partial charge in [-0.3, -0.25) is 9.59 Å². The molecular weight excluding hydrogens is 261 g/mol. The van der Waals surface area contributed by atoms with Crippen molar-refractivity contribution in [1.29, 1.82) is 0 Å². The number of hydrogen-bond donors (Lipinski definition) is 1. The monoisotopic (exact) mass is 277 g/mol. The summed E-state index contributed by atoms with van der Waals surface area (Å²) >= 11 is 0. The number of amides is 1. The van der Waals surface area contributed by atoms with Crippen LogP contribution in [0.5, 0.6) is 0 Å². The van der Waals surface area contributed by atoms with Gasteiger partial charge in [0.05, 0.1) is 6.42 Å². The standard InChI is InChI=1S/C15H16FNO3/c16-12-4-1-3-11(9-12)6-7-14(18)17-8-2-5-13(17)10-15(19)20/h1,3-4,6-7,9,13H,2,5,8,10H2,(H,19,20)/b7-6+. The molecule has 0 saturated carbocycles.